The molecule has 0 radical (unpaired) electrons. The molecule has 0 amide bonds. The van der Waals surface area contributed by atoms with Crippen LogP contribution in [0.2, 0.25) is 0 Å². The van der Waals surface area contributed by atoms with E-state index >= 15 is 0 Å². The summed E-state index contributed by atoms with van der Waals surface area (Å²) in [7, 11) is 0. The van der Waals surface area contributed by atoms with Crippen molar-refractivity contribution in [3.05, 3.63) is 52.1 Å². The first-order valence-electron chi connectivity index (χ1n) is 7.43. The first-order valence-corrected chi connectivity index (χ1v) is 7.83. The molecule has 0 aliphatic heterocycles. The number of aryl methyl sites for hydroxylation is 1. The monoisotopic (exact) mass is 353 g/mol. The number of rotatable bonds is 5. The average molecular weight is 354 g/mol. The van der Waals surface area contributed by atoms with Gasteiger partial charge in [-0.25, -0.2) is 0 Å². The Bertz CT molecular complexity index is 741. The summed E-state index contributed by atoms with van der Waals surface area (Å²) < 4.78 is 2.82. The molecule has 1 aliphatic carbocycles. The Hall–Kier alpha value is -1.63. The number of hydrogen-bond acceptors (Lipinski definition) is 3. The Morgan fingerprint density at radius 2 is 2.13 bits per heavy atom. The highest BCUT2D eigenvalue weighted by Crippen LogP contribution is 2.29. The van der Waals surface area contributed by atoms with Crippen molar-refractivity contribution in [2.24, 2.45) is 0 Å². The maximum Gasteiger partial charge on any atom is 0.317 e. The summed E-state index contributed by atoms with van der Waals surface area (Å²) in [4.78, 5) is 13.7. The molecule has 1 unspecified atom stereocenters. The van der Waals surface area contributed by atoms with Gasteiger partial charge in [0.2, 0.25) is 0 Å². The number of benzene rings is 1. The number of aliphatic carboxylic acids is 1. The second-order valence-corrected chi connectivity index (χ2v) is 6.04. The topological polar surface area (TPSA) is 70.0 Å². The summed E-state index contributed by atoms with van der Waals surface area (Å²) >= 11 is 5.42. The van der Waals surface area contributed by atoms with Crippen molar-refractivity contribution in [2.45, 2.75) is 31.8 Å². The molecule has 5 nitrogen and oxygen atoms in total. The molecule has 1 aromatic carbocycles. The minimum atomic E-state index is -0.859. The zero-order chi connectivity index (χ0) is 15.5. The van der Waals surface area contributed by atoms with Crippen LogP contribution in [0.1, 0.15) is 29.3 Å². The van der Waals surface area contributed by atoms with E-state index in [0.717, 1.165) is 25.0 Å². The molecule has 1 atom stereocenters. The van der Waals surface area contributed by atoms with Crippen LogP contribution in [0, 0.1) is 4.77 Å². The molecule has 0 bridgehead atoms. The molecule has 2 aromatic rings. The highest BCUT2D eigenvalue weighted by atomic mass is 35.5. The number of imidazole rings is 1. The Labute approximate surface area is 146 Å². The summed E-state index contributed by atoms with van der Waals surface area (Å²) in [6.07, 6.45) is 5.14. The molecule has 3 rings (SSSR count). The lowest BCUT2D eigenvalue weighted by atomic mass is 9.88. The fraction of sp³-hybridized carbons (Fsp3) is 0.375. The van der Waals surface area contributed by atoms with Gasteiger partial charge >= 0.3 is 5.97 Å². The number of H-pyrrole nitrogens is 1. The maximum atomic E-state index is 10.5. The number of nitrogens with zero attached hydrogens (tertiary/aromatic N) is 1. The van der Waals surface area contributed by atoms with E-state index in [1.165, 1.54) is 11.1 Å². The second-order valence-electron chi connectivity index (χ2n) is 5.65. The van der Waals surface area contributed by atoms with Crippen LogP contribution in [0.25, 0.3) is 0 Å². The highest BCUT2D eigenvalue weighted by molar-refractivity contribution is 7.71. The van der Waals surface area contributed by atoms with Gasteiger partial charge in [-0.1, -0.05) is 24.3 Å². The van der Waals surface area contributed by atoms with E-state index in [9.17, 15) is 4.79 Å². The average Bonchev–Trinajstić information content (AvgIpc) is 2.87. The van der Waals surface area contributed by atoms with E-state index in [-0.39, 0.29) is 19.0 Å². The van der Waals surface area contributed by atoms with Crippen LogP contribution in [0.3, 0.4) is 0 Å². The molecule has 23 heavy (non-hydrogen) atoms. The second kappa shape index (κ2) is 7.77. The van der Waals surface area contributed by atoms with E-state index in [1.807, 2.05) is 6.20 Å². The lowest BCUT2D eigenvalue weighted by molar-refractivity contribution is -0.135. The largest absolute Gasteiger partial charge is 0.480 e. The van der Waals surface area contributed by atoms with Crippen LogP contribution in [0.4, 0.5) is 0 Å². The van der Waals surface area contributed by atoms with Gasteiger partial charge in [0.05, 0.1) is 6.54 Å². The minimum absolute atomic E-state index is 0. The van der Waals surface area contributed by atoms with Crippen LogP contribution in [-0.4, -0.2) is 27.2 Å². The lowest BCUT2D eigenvalue weighted by Gasteiger charge is -2.25. The summed E-state index contributed by atoms with van der Waals surface area (Å²) in [5, 5.41) is 11.5. The Morgan fingerprint density at radius 3 is 2.87 bits per heavy atom. The number of aromatic amines is 1. The lowest BCUT2D eigenvalue weighted by Crippen LogP contribution is -2.22. The molecule has 1 aromatic heterocycles. The Balaban J connectivity index is 0.00000192. The van der Waals surface area contributed by atoms with Gasteiger partial charge in [-0.15, -0.1) is 12.4 Å². The van der Waals surface area contributed by atoms with Crippen LogP contribution in [-0.2, 0) is 24.2 Å². The zero-order valence-electron chi connectivity index (χ0n) is 12.6. The number of fused-ring (bicyclic) bond motifs is 1. The van der Waals surface area contributed by atoms with Crippen molar-refractivity contribution in [3.8, 4) is 0 Å². The van der Waals surface area contributed by atoms with Gasteiger partial charge in [-0.05, 0) is 42.6 Å². The maximum absolute atomic E-state index is 10.5. The third-order valence-corrected chi connectivity index (χ3v) is 4.42. The van der Waals surface area contributed by atoms with Gasteiger partial charge in [0.1, 0.15) is 0 Å². The van der Waals surface area contributed by atoms with E-state index < -0.39 is 5.97 Å². The predicted molar refractivity (Wildman–Crippen MR) is 93.7 cm³/mol. The van der Waals surface area contributed by atoms with Gasteiger partial charge in [0, 0.05) is 24.5 Å². The van der Waals surface area contributed by atoms with Crippen LogP contribution < -0.4 is 5.32 Å². The summed E-state index contributed by atoms with van der Waals surface area (Å²) in [5.74, 6) is -0.859. The van der Waals surface area contributed by atoms with E-state index in [2.05, 4.69) is 39.1 Å². The minimum Gasteiger partial charge on any atom is -0.480 e. The van der Waals surface area contributed by atoms with Crippen LogP contribution >= 0.6 is 24.6 Å². The zero-order valence-corrected chi connectivity index (χ0v) is 14.3. The van der Waals surface area contributed by atoms with Crippen LogP contribution in [0.5, 0.6) is 0 Å². The summed E-state index contributed by atoms with van der Waals surface area (Å²) in [5.41, 5.74) is 3.75. The van der Waals surface area contributed by atoms with Gasteiger partial charge in [-0.3, -0.25) is 4.79 Å². The van der Waals surface area contributed by atoms with E-state index in [4.69, 9.17) is 17.3 Å². The van der Waals surface area contributed by atoms with Crippen molar-refractivity contribution in [1.82, 2.24) is 14.9 Å². The normalized spacial score (nSPS) is 16.4. The number of carboxylic acid groups (broad SMARTS) is 1. The smallest absolute Gasteiger partial charge is 0.317 e. The molecular formula is C16H20ClN3O2S. The molecule has 0 saturated heterocycles. The third kappa shape index (κ3) is 4.22. The van der Waals surface area contributed by atoms with Crippen molar-refractivity contribution in [1.29, 1.82) is 0 Å². The molecular weight excluding hydrogens is 334 g/mol. The van der Waals surface area contributed by atoms with Crippen molar-refractivity contribution in [2.75, 3.05) is 6.54 Å². The van der Waals surface area contributed by atoms with Crippen molar-refractivity contribution < 1.29 is 9.90 Å². The molecule has 0 fully saturated rings. The number of hydrogen-bond donors (Lipinski definition) is 3. The molecule has 1 heterocycles. The molecule has 7 heteroatoms. The first kappa shape index (κ1) is 17.7. The van der Waals surface area contributed by atoms with E-state index in [0.29, 0.717) is 17.4 Å². The van der Waals surface area contributed by atoms with Crippen molar-refractivity contribution >= 4 is 30.6 Å². The molecule has 3 N–H and O–H groups in total. The van der Waals surface area contributed by atoms with Crippen LogP contribution in [0.15, 0.2) is 30.5 Å². The highest BCUT2D eigenvalue weighted by Gasteiger charge is 2.20. The molecule has 0 spiro atoms. The van der Waals surface area contributed by atoms with Gasteiger partial charge in [0.25, 0.3) is 0 Å². The number of nitrogens with one attached hydrogen (secondary N) is 2. The molecule has 0 saturated carbocycles. The standard InChI is InChI=1S/C16H19N3O2S.ClH/c20-15(21)9-17-8-13-10-19(16(22)18-13)14-6-5-11-3-1-2-4-12(11)7-14;/h1-4,10,14,17H,5-9H2,(H,18,22)(H,20,21);1H. The fourth-order valence-electron chi connectivity index (χ4n) is 3.04. The van der Waals surface area contributed by atoms with Gasteiger partial charge < -0.3 is 20.0 Å². The Morgan fingerprint density at radius 1 is 1.39 bits per heavy atom. The number of halogens is 1. The fourth-order valence-corrected chi connectivity index (χ4v) is 3.37. The van der Waals surface area contributed by atoms with E-state index in [1.54, 1.807) is 0 Å². The van der Waals surface area contributed by atoms with Gasteiger partial charge in [-0.2, -0.15) is 0 Å². The SMILES string of the molecule is Cl.O=C(O)CNCc1cn(C2CCc3ccccc3C2)c(=S)[nH]1. The Kier molecular flexibility index (Phi) is 5.98. The number of carboxylic acids is 1. The summed E-state index contributed by atoms with van der Waals surface area (Å²) in [6.45, 7) is 0.425. The molecule has 1 aliphatic rings. The van der Waals surface area contributed by atoms with Gasteiger partial charge in [0.15, 0.2) is 4.77 Å². The third-order valence-electron chi connectivity index (χ3n) is 4.10. The predicted octanol–water partition coefficient (Wildman–Crippen LogP) is 2.87. The quantitative estimate of drug-likeness (QED) is 0.723. The van der Waals surface area contributed by atoms with Crippen molar-refractivity contribution in [3.63, 3.8) is 0 Å². The number of carbonyl (C=O) groups is 1. The summed E-state index contributed by atoms with van der Waals surface area (Å²) in [6, 6.07) is 8.93. The molecule has 124 valence electrons. The number of aromatic nitrogens is 2. The first-order chi connectivity index (χ1) is 10.6.